The number of hydrogen-bond acceptors (Lipinski definition) is 2. The monoisotopic (exact) mass is 258 g/mol. The minimum absolute atomic E-state index is 0.110. The zero-order valence-electron chi connectivity index (χ0n) is 10.0. The number of carbonyl (C=O) groups is 1. The highest BCUT2D eigenvalue weighted by Gasteiger charge is 2.32. The van der Waals surface area contributed by atoms with Crippen LogP contribution in [0.1, 0.15) is 12.5 Å². The van der Waals surface area contributed by atoms with Crippen molar-refractivity contribution in [2.45, 2.75) is 13.1 Å². The molecule has 1 aromatic carbocycles. The van der Waals surface area contributed by atoms with Crippen molar-refractivity contribution in [3.8, 4) is 0 Å². The molecule has 1 aromatic rings. The second-order valence-corrected chi connectivity index (χ2v) is 4.41. The Morgan fingerprint density at radius 1 is 1.39 bits per heavy atom. The zero-order chi connectivity index (χ0) is 13.5. The lowest BCUT2D eigenvalue weighted by Gasteiger charge is -2.19. The number of alkyl halides is 3. The van der Waals surface area contributed by atoms with Gasteiger partial charge in [-0.05, 0) is 18.2 Å². The molecule has 3 nitrogen and oxygen atoms in total. The number of benzene rings is 1. The molecule has 0 bridgehead atoms. The fraction of sp³-hybridized carbons (Fsp3) is 0.417. The number of carbonyl (C=O) groups excluding carboxylic acids is 1. The lowest BCUT2D eigenvalue weighted by atomic mass is 10.1. The van der Waals surface area contributed by atoms with Gasteiger partial charge in [0.15, 0.2) is 0 Å². The first-order chi connectivity index (χ1) is 8.30. The Bertz CT molecular complexity index is 485. The van der Waals surface area contributed by atoms with Crippen LogP contribution in [0.25, 0.3) is 0 Å². The summed E-state index contributed by atoms with van der Waals surface area (Å²) < 4.78 is 37.8. The van der Waals surface area contributed by atoms with E-state index in [1.165, 1.54) is 11.0 Å². The van der Waals surface area contributed by atoms with E-state index in [0.29, 0.717) is 17.9 Å². The topological polar surface area (TPSA) is 32.3 Å². The van der Waals surface area contributed by atoms with Crippen LogP contribution in [0.15, 0.2) is 18.2 Å². The van der Waals surface area contributed by atoms with E-state index in [2.05, 4.69) is 5.32 Å². The van der Waals surface area contributed by atoms with Crippen molar-refractivity contribution < 1.29 is 18.0 Å². The maximum Gasteiger partial charge on any atom is 0.416 e. The van der Waals surface area contributed by atoms with Gasteiger partial charge in [0.1, 0.15) is 0 Å². The van der Waals surface area contributed by atoms with Gasteiger partial charge in [-0.3, -0.25) is 4.79 Å². The first-order valence-electron chi connectivity index (χ1n) is 5.53. The van der Waals surface area contributed by atoms with Gasteiger partial charge in [0.2, 0.25) is 5.91 Å². The summed E-state index contributed by atoms with van der Waals surface area (Å²) in [6.07, 6.45) is -4.38. The highest BCUT2D eigenvalue weighted by atomic mass is 19.4. The number of fused-ring (bicyclic) bond motifs is 1. The standard InChI is InChI=1S/C12H13F3N2O/c1-7-6-16-9-5-8(12(13,14)15)3-4-10(9)17(2)11(7)18/h3-5,7,16H,6H2,1-2H3. The highest BCUT2D eigenvalue weighted by molar-refractivity contribution is 5.99. The number of hydrogen-bond donors (Lipinski definition) is 1. The highest BCUT2D eigenvalue weighted by Crippen LogP contribution is 2.36. The molecule has 0 radical (unpaired) electrons. The number of nitrogens with one attached hydrogen (secondary N) is 1. The molecule has 0 fully saturated rings. The molecular formula is C12H13F3N2O. The number of amides is 1. The predicted octanol–water partition coefficient (Wildman–Crippen LogP) is 2.73. The summed E-state index contributed by atoms with van der Waals surface area (Å²) in [6, 6.07) is 3.35. The van der Waals surface area contributed by atoms with E-state index < -0.39 is 11.7 Å². The van der Waals surface area contributed by atoms with Gasteiger partial charge in [0.25, 0.3) is 0 Å². The largest absolute Gasteiger partial charge is 0.416 e. The van der Waals surface area contributed by atoms with Crippen molar-refractivity contribution in [1.29, 1.82) is 0 Å². The Morgan fingerprint density at radius 2 is 2.06 bits per heavy atom. The van der Waals surface area contributed by atoms with Crippen molar-refractivity contribution >= 4 is 17.3 Å². The molecule has 98 valence electrons. The van der Waals surface area contributed by atoms with Crippen LogP contribution in [-0.4, -0.2) is 19.5 Å². The van der Waals surface area contributed by atoms with E-state index in [4.69, 9.17) is 0 Å². The molecule has 1 heterocycles. The molecule has 6 heteroatoms. The Labute approximate surface area is 103 Å². The van der Waals surface area contributed by atoms with Crippen molar-refractivity contribution in [2.24, 2.45) is 5.92 Å². The maximum absolute atomic E-state index is 12.6. The van der Waals surface area contributed by atoms with Crippen LogP contribution in [-0.2, 0) is 11.0 Å². The number of halogens is 3. The van der Waals surface area contributed by atoms with Gasteiger partial charge in [0.05, 0.1) is 22.9 Å². The second-order valence-electron chi connectivity index (χ2n) is 4.41. The van der Waals surface area contributed by atoms with Gasteiger partial charge < -0.3 is 10.2 Å². The lowest BCUT2D eigenvalue weighted by Crippen LogP contribution is -2.31. The van der Waals surface area contributed by atoms with Crippen LogP contribution in [0.3, 0.4) is 0 Å². The van der Waals surface area contributed by atoms with E-state index in [1.807, 2.05) is 0 Å². The third-order valence-electron chi connectivity index (χ3n) is 3.04. The van der Waals surface area contributed by atoms with Gasteiger partial charge >= 0.3 is 6.18 Å². The summed E-state index contributed by atoms with van der Waals surface area (Å²) in [5.41, 5.74) is 0.0894. The number of nitrogens with zero attached hydrogens (tertiary/aromatic N) is 1. The third kappa shape index (κ3) is 2.14. The molecule has 1 aliphatic rings. The lowest BCUT2D eigenvalue weighted by molar-refractivity contribution is -0.137. The van der Waals surface area contributed by atoms with Crippen LogP contribution in [0, 0.1) is 5.92 Å². The zero-order valence-corrected chi connectivity index (χ0v) is 10.0. The summed E-state index contributed by atoms with van der Waals surface area (Å²) in [7, 11) is 1.57. The molecule has 18 heavy (non-hydrogen) atoms. The second kappa shape index (κ2) is 4.19. The Hall–Kier alpha value is -1.72. The van der Waals surface area contributed by atoms with E-state index in [-0.39, 0.29) is 11.8 Å². The SMILES string of the molecule is CC1CNc2cc(C(F)(F)F)ccc2N(C)C1=O. The molecule has 2 rings (SSSR count). The van der Waals surface area contributed by atoms with Crippen molar-refractivity contribution in [1.82, 2.24) is 0 Å². The van der Waals surface area contributed by atoms with Crippen molar-refractivity contribution in [3.63, 3.8) is 0 Å². The predicted molar refractivity (Wildman–Crippen MR) is 62.5 cm³/mol. The third-order valence-corrected chi connectivity index (χ3v) is 3.04. The van der Waals surface area contributed by atoms with E-state index in [0.717, 1.165) is 12.1 Å². The molecule has 0 spiro atoms. The molecule has 0 saturated carbocycles. The average Bonchev–Trinajstić information content (AvgIpc) is 2.41. The summed E-state index contributed by atoms with van der Waals surface area (Å²) in [6.45, 7) is 2.07. The van der Waals surface area contributed by atoms with Crippen LogP contribution in [0.4, 0.5) is 24.5 Å². The van der Waals surface area contributed by atoms with Crippen LogP contribution < -0.4 is 10.2 Å². The normalized spacial score (nSPS) is 20.2. The van der Waals surface area contributed by atoms with Gasteiger partial charge in [-0.25, -0.2) is 0 Å². The van der Waals surface area contributed by atoms with Crippen molar-refractivity contribution in [2.75, 3.05) is 23.8 Å². The molecule has 1 unspecified atom stereocenters. The van der Waals surface area contributed by atoms with E-state index in [1.54, 1.807) is 14.0 Å². The van der Waals surface area contributed by atoms with Crippen LogP contribution in [0.2, 0.25) is 0 Å². The molecular weight excluding hydrogens is 245 g/mol. The first-order valence-corrected chi connectivity index (χ1v) is 5.53. The summed E-state index contributed by atoms with van der Waals surface area (Å²) in [5.74, 6) is -0.377. The van der Waals surface area contributed by atoms with Crippen molar-refractivity contribution in [3.05, 3.63) is 23.8 Å². The summed E-state index contributed by atoms with van der Waals surface area (Å²) in [4.78, 5) is 13.2. The minimum Gasteiger partial charge on any atom is -0.383 e. The van der Waals surface area contributed by atoms with Gasteiger partial charge in [-0.2, -0.15) is 13.2 Å². The summed E-state index contributed by atoms with van der Waals surface area (Å²) in [5, 5.41) is 2.89. The number of rotatable bonds is 0. The Morgan fingerprint density at radius 3 is 2.67 bits per heavy atom. The maximum atomic E-state index is 12.6. The Kier molecular flexibility index (Phi) is 2.96. The fourth-order valence-electron chi connectivity index (χ4n) is 1.95. The average molecular weight is 258 g/mol. The van der Waals surface area contributed by atoms with Gasteiger partial charge in [-0.15, -0.1) is 0 Å². The van der Waals surface area contributed by atoms with E-state index >= 15 is 0 Å². The van der Waals surface area contributed by atoms with Gasteiger partial charge in [0, 0.05) is 13.6 Å². The molecule has 0 saturated heterocycles. The fourth-order valence-corrected chi connectivity index (χ4v) is 1.95. The molecule has 1 aliphatic heterocycles. The summed E-state index contributed by atoms with van der Waals surface area (Å²) >= 11 is 0. The molecule has 1 N–H and O–H groups in total. The molecule has 1 atom stereocenters. The minimum atomic E-state index is -4.38. The van der Waals surface area contributed by atoms with Crippen LogP contribution >= 0.6 is 0 Å². The molecule has 1 amide bonds. The van der Waals surface area contributed by atoms with Crippen LogP contribution in [0.5, 0.6) is 0 Å². The quantitative estimate of drug-likeness (QED) is 0.776. The molecule has 0 aliphatic carbocycles. The van der Waals surface area contributed by atoms with Gasteiger partial charge in [-0.1, -0.05) is 6.92 Å². The Balaban J connectivity index is 2.46. The molecule has 0 aromatic heterocycles. The number of anilines is 2. The van der Waals surface area contributed by atoms with E-state index in [9.17, 15) is 18.0 Å². The first kappa shape index (κ1) is 12.7. The smallest absolute Gasteiger partial charge is 0.383 e.